The third kappa shape index (κ3) is 10.6. The van der Waals surface area contributed by atoms with Gasteiger partial charge in [-0.2, -0.15) is 0 Å². The molecule has 3 N–H and O–H groups in total. The average molecular weight is 302 g/mol. The molecule has 0 spiro atoms. The summed E-state index contributed by atoms with van der Waals surface area (Å²) < 4.78 is 10.2. The van der Waals surface area contributed by atoms with Gasteiger partial charge in [-0.05, 0) is 48.0 Å². The molecule has 0 aromatic carbocycles. The van der Waals surface area contributed by atoms with E-state index in [-0.39, 0.29) is 12.8 Å². The third-order valence-electron chi connectivity index (χ3n) is 2.09. The number of amides is 2. The minimum Gasteiger partial charge on any atom is -0.460 e. The predicted octanol–water partition coefficient (Wildman–Crippen LogP) is 1.49. The first-order valence-electron chi connectivity index (χ1n) is 6.81. The number of nitrogens with two attached hydrogens (primary N) is 1. The van der Waals surface area contributed by atoms with Gasteiger partial charge >= 0.3 is 12.1 Å². The monoisotopic (exact) mass is 302 g/mol. The van der Waals surface area contributed by atoms with E-state index < -0.39 is 35.2 Å². The molecule has 0 aromatic heterocycles. The smallest absolute Gasteiger partial charge is 0.408 e. The molecule has 0 aliphatic heterocycles. The van der Waals surface area contributed by atoms with Crippen molar-refractivity contribution in [2.45, 2.75) is 71.6 Å². The highest BCUT2D eigenvalue weighted by Gasteiger charge is 2.24. The molecule has 7 nitrogen and oxygen atoms in total. The number of nitrogens with one attached hydrogen (secondary N) is 1. The van der Waals surface area contributed by atoms with Crippen molar-refractivity contribution in [1.82, 2.24) is 5.32 Å². The second-order valence-electron chi connectivity index (χ2n) is 6.73. The third-order valence-corrected chi connectivity index (χ3v) is 2.09. The van der Waals surface area contributed by atoms with Crippen LogP contribution in [-0.2, 0) is 19.1 Å². The van der Waals surface area contributed by atoms with Gasteiger partial charge in [0.25, 0.3) is 0 Å². The summed E-state index contributed by atoms with van der Waals surface area (Å²) in [5.41, 5.74) is 3.92. The van der Waals surface area contributed by atoms with E-state index in [1.165, 1.54) is 0 Å². The minimum absolute atomic E-state index is 0.0271. The zero-order valence-electron chi connectivity index (χ0n) is 13.6. The summed E-state index contributed by atoms with van der Waals surface area (Å²) in [4.78, 5) is 34.5. The van der Waals surface area contributed by atoms with Crippen molar-refractivity contribution in [3.63, 3.8) is 0 Å². The van der Waals surface area contributed by atoms with Gasteiger partial charge in [0.05, 0.1) is 0 Å². The van der Waals surface area contributed by atoms with Crippen LogP contribution in [0.3, 0.4) is 0 Å². The largest absolute Gasteiger partial charge is 0.460 e. The lowest BCUT2D eigenvalue weighted by Gasteiger charge is -2.23. The lowest BCUT2D eigenvalue weighted by Crippen LogP contribution is -2.46. The van der Waals surface area contributed by atoms with Crippen LogP contribution in [0.4, 0.5) is 4.79 Å². The van der Waals surface area contributed by atoms with Crippen LogP contribution in [-0.4, -0.2) is 35.2 Å². The fraction of sp³-hybridized carbons (Fsp3) is 0.786. The molecule has 0 aromatic rings. The van der Waals surface area contributed by atoms with E-state index in [9.17, 15) is 14.4 Å². The summed E-state index contributed by atoms with van der Waals surface area (Å²) in [5, 5.41) is 2.35. The quantitative estimate of drug-likeness (QED) is 0.748. The van der Waals surface area contributed by atoms with Gasteiger partial charge in [0, 0.05) is 6.42 Å². The number of carbonyl (C=O) groups is 3. The Morgan fingerprint density at radius 3 is 1.86 bits per heavy atom. The molecule has 1 unspecified atom stereocenters. The number of carbonyl (C=O) groups excluding carboxylic acids is 3. The van der Waals surface area contributed by atoms with Crippen molar-refractivity contribution >= 4 is 18.0 Å². The molecule has 0 aliphatic carbocycles. The highest BCUT2D eigenvalue weighted by Crippen LogP contribution is 2.11. The SMILES string of the molecule is CC(C)(C)OC(=O)CCC(NC(=O)OC(C)(C)C)C(N)=O. The molecule has 1 atom stereocenters. The van der Waals surface area contributed by atoms with Crippen molar-refractivity contribution in [2.75, 3.05) is 0 Å². The maximum atomic E-state index is 11.6. The Morgan fingerprint density at radius 2 is 1.48 bits per heavy atom. The molecule has 0 heterocycles. The summed E-state index contributed by atoms with van der Waals surface area (Å²) in [6.45, 7) is 10.3. The van der Waals surface area contributed by atoms with E-state index in [1.54, 1.807) is 41.5 Å². The molecular formula is C14H26N2O5. The summed E-state index contributed by atoms with van der Waals surface area (Å²) in [6, 6.07) is -0.979. The summed E-state index contributed by atoms with van der Waals surface area (Å²) in [6.07, 6.45) is -0.722. The zero-order valence-corrected chi connectivity index (χ0v) is 13.6. The first-order valence-corrected chi connectivity index (χ1v) is 6.81. The maximum absolute atomic E-state index is 11.6. The molecule has 0 aliphatic rings. The van der Waals surface area contributed by atoms with Gasteiger partial charge in [0.15, 0.2) is 0 Å². The molecule has 122 valence electrons. The Morgan fingerprint density at radius 1 is 1.00 bits per heavy atom. The number of hydrogen-bond donors (Lipinski definition) is 2. The fourth-order valence-electron chi connectivity index (χ4n) is 1.39. The second-order valence-corrected chi connectivity index (χ2v) is 6.73. The van der Waals surface area contributed by atoms with Crippen molar-refractivity contribution < 1.29 is 23.9 Å². The van der Waals surface area contributed by atoms with Gasteiger partial charge in [0.2, 0.25) is 5.91 Å². The van der Waals surface area contributed by atoms with E-state index in [1.807, 2.05) is 0 Å². The van der Waals surface area contributed by atoms with E-state index in [4.69, 9.17) is 15.2 Å². The first-order chi connectivity index (χ1) is 9.30. The molecule has 0 radical (unpaired) electrons. The van der Waals surface area contributed by atoms with Crippen LogP contribution in [0, 0.1) is 0 Å². The maximum Gasteiger partial charge on any atom is 0.408 e. The summed E-state index contributed by atoms with van der Waals surface area (Å²) in [7, 11) is 0. The Balaban J connectivity index is 4.42. The Bertz CT molecular complexity index is 393. The highest BCUT2D eigenvalue weighted by molar-refractivity contribution is 5.84. The van der Waals surface area contributed by atoms with E-state index in [0.29, 0.717) is 0 Å². The lowest BCUT2D eigenvalue weighted by molar-refractivity contribution is -0.155. The normalized spacial score (nSPS) is 13.2. The Kier molecular flexibility index (Phi) is 6.66. The van der Waals surface area contributed by atoms with Gasteiger partial charge < -0.3 is 20.5 Å². The fourth-order valence-corrected chi connectivity index (χ4v) is 1.39. The molecule has 0 bridgehead atoms. The zero-order chi connectivity index (χ0) is 16.8. The van der Waals surface area contributed by atoms with Gasteiger partial charge in [-0.3, -0.25) is 9.59 Å². The molecular weight excluding hydrogens is 276 g/mol. The van der Waals surface area contributed by atoms with Crippen LogP contribution >= 0.6 is 0 Å². The minimum atomic E-state index is -0.979. The number of rotatable bonds is 5. The summed E-state index contributed by atoms with van der Waals surface area (Å²) >= 11 is 0. The van der Waals surface area contributed by atoms with Crippen LogP contribution in [0.15, 0.2) is 0 Å². The number of alkyl carbamates (subject to hydrolysis) is 1. The topological polar surface area (TPSA) is 108 Å². The van der Waals surface area contributed by atoms with Crippen LogP contribution in [0.25, 0.3) is 0 Å². The molecule has 0 rings (SSSR count). The van der Waals surface area contributed by atoms with E-state index in [0.717, 1.165) is 0 Å². The van der Waals surface area contributed by atoms with Gasteiger partial charge in [0.1, 0.15) is 17.2 Å². The number of hydrogen-bond acceptors (Lipinski definition) is 5. The van der Waals surface area contributed by atoms with Crippen molar-refractivity contribution in [1.29, 1.82) is 0 Å². The molecule has 0 saturated carbocycles. The number of primary amides is 1. The van der Waals surface area contributed by atoms with Gasteiger partial charge in [-0.25, -0.2) is 4.79 Å². The van der Waals surface area contributed by atoms with Crippen molar-refractivity contribution in [2.24, 2.45) is 5.73 Å². The first kappa shape index (κ1) is 19.2. The van der Waals surface area contributed by atoms with Crippen molar-refractivity contribution in [3.05, 3.63) is 0 Å². The van der Waals surface area contributed by atoms with E-state index in [2.05, 4.69) is 5.32 Å². The highest BCUT2D eigenvalue weighted by atomic mass is 16.6. The summed E-state index contributed by atoms with van der Waals surface area (Å²) in [5.74, 6) is -1.19. The average Bonchev–Trinajstić information content (AvgIpc) is 2.18. The van der Waals surface area contributed by atoms with Crippen molar-refractivity contribution in [3.8, 4) is 0 Å². The van der Waals surface area contributed by atoms with Crippen LogP contribution in [0.5, 0.6) is 0 Å². The van der Waals surface area contributed by atoms with Crippen LogP contribution in [0.1, 0.15) is 54.4 Å². The molecule has 21 heavy (non-hydrogen) atoms. The second kappa shape index (κ2) is 7.28. The van der Waals surface area contributed by atoms with Gasteiger partial charge in [-0.1, -0.05) is 0 Å². The number of ether oxygens (including phenoxy) is 2. The molecule has 0 saturated heterocycles. The molecule has 2 amide bonds. The number of esters is 1. The molecule has 7 heteroatoms. The Hall–Kier alpha value is -1.79. The van der Waals surface area contributed by atoms with Gasteiger partial charge in [-0.15, -0.1) is 0 Å². The van der Waals surface area contributed by atoms with Crippen LogP contribution in [0.2, 0.25) is 0 Å². The Labute approximate surface area is 125 Å². The lowest BCUT2D eigenvalue weighted by atomic mass is 10.1. The van der Waals surface area contributed by atoms with E-state index >= 15 is 0 Å². The predicted molar refractivity (Wildman–Crippen MR) is 77.4 cm³/mol. The van der Waals surface area contributed by atoms with Crippen LogP contribution < -0.4 is 11.1 Å². The molecule has 0 fully saturated rings. The standard InChI is InChI=1S/C14H26N2O5/c1-13(2,3)20-10(17)8-7-9(11(15)18)16-12(19)21-14(4,5)6/h9H,7-8H2,1-6H3,(H2,15,18)(H,16,19).